The maximum absolute atomic E-state index is 10.4. The summed E-state index contributed by atoms with van der Waals surface area (Å²) in [7, 11) is 0. The summed E-state index contributed by atoms with van der Waals surface area (Å²) in [4.78, 5) is 0. The van der Waals surface area contributed by atoms with E-state index in [1.54, 1.807) is 11.8 Å². The van der Waals surface area contributed by atoms with Gasteiger partial charge in [0.15, 0.2) is 0 Å². The predicted octanol–water partition coefficient (Wildman–Crippen LogP) is 3.87. The minimum Gasteiger partial charge on any atom is -0.389 e. The smallest absolute Gasteiger partial charge is 0.106 e. The third-order valence-electron chi connectivity index (χ3n) is 5.09. The van der Waals surface area contributed by atoms with E-state index in [1.165, 1.54) is 32.7 Å². The molecule has 4 atom stereocenters. The molecule has 0 bridgehead atoms. The summed E-state index contributed by atoms with van der Waals surface area (Å²) in [5.74, 6) is 0. The van der Waals surface area contributed by atoms with Crippen LogP contribution in [0, 0.1) is 6.92 Å². The highest BCUT2D eigenvalue weighted by molar-refractivity contribution is 8.07. The fraction of sp³-hybridized carbons (Fsp3) is 0.263. The van der Waals surface area contributed by atoms with Crippen LogP contribution in [0.2, 0.25) is 0 Å². The van der Waals surface area contributed by atoms with Crippen LogP contribution in [0.3, 0.4) is 0 Å². The van der Waals surface area contributed by atoms with E-state index in [2.05, 4.69) is 43.3 Å². The molecule has 2 aliphatic rings. The van der Waals surface area contributed by atoms with Gasteiger partial charge in [0.05, 0.1) is 11.4 Å². The molecule has 1 aliphatic carbocycles. The molecule has 2 nitrogen and oxygen atoms in total. The van der Waals surface area contributed by atoms with Gasteiger partial charge in [-0.2, -0.15) is 0 Å². The molecule has 110 valence electrons. The van der Waals surface area contributed by atoms with Crippen LogP contribution < -0.4 is 0 Å². The summed E-state index contributed by atoms with van der Waals surface area (Å²) < 4.78 is 0. The molecular formula is C19H16O2S. The minimum atomic E-state index is -0.762. The molecule has 3 aromatic rings. The second kappa shape index (κ2) is 4.25. The minimum absolute atomic E-state index is 0.152. The largest absolute Gasteiger partial charge is 0.389 e. The zero-order valence-electron chi connectivity index (χ0n) is 12.2. The average Bonchev–Trinajstić information content (AvgIpc) is 3.32. The van der Waals surface area contributed by atoms with Crippen molar-refractivity contribution in [3.8, 4) is 0 Å². The van der Waals surface area contributed by atoms with E-state index >= 15 is 0 Å². The third kappa shape index (κ3) is 1.54. The molecule has 0 saturated carbocycles. The lowest BCUT2D eigenvalue weighted by molar-refractivity contribution is 0.0163. The molecule has 0 radical (unpaired) electrons. The van der Waals surface area contributed by atoms with E-state index in [1.807, 2.05) is 6.07 Å². The van der Waals surface area contributed by atoms with Crippen LogP contribution >= 0.6 is 11.8 Å². The highest BCUT2D eigenvalue weighted by atomic mass is 32.2. The fourth-order valence-electron chi connectivity index (χ4n) is 4.00. The molecule has 0 aromatic heterocycles. The number of fused-ring (bicyclic) bond motifs is 7. The van der Waals surface area contributed by atoms with Gasteiger partial charge in [0.25, 0.3) is 0 Å². The van der Waals surface area contributed by atoms with Gasteiger partial charge in [0.2, 0.25) is 0 Å². The number of thioether (sulfide) groups is 1. The van der Waals surface area contributed by atoms with Crippen molar-refractivity contribution >= 4 is 33.3 Å². The molecule has 0 unspecified atom stereocenters. The van der Waals surface area contributed by atoms with E-state index in [0.717, 1.165) is 5.56 Å². The first-order chi connectivity index (χ1) is 10.7. The van der Waals surface area contributed by atoms with Gasteiger partial charge in [-0.05, 0) is 45.2 Å². The predicted molar refractivity (Wildman–Crippen MR) is 91.3 cm³/mol. The Morgan fingerprint density at radius 1 is 1.00 bits per heavy atom. The summed E-state index contributed by atoms with van der Waals surface area (Å²) in [6, 6.07) is 14.8. The van der Waals surface area contributed by atoms with Crippen molar-refractivity contribution in [1.82, 2.24) is 0 Å². The Balaban J connectivity index is 1.94. The highest BCUT2D eigenvalue weighted by Crippen LogP contribution is 2.64. The summed E-state index contributed by atoms with van der Waals surface area (Å²) >= 11 is 1.77. The topological polar surface area (TPSA) is 40.5 Å². The lowest BCUT2D eigenvalue weighted by Crippen LogP contribution is -2.28. The SMILES string of the molecule is Cc1cc2ccccc2c2ccc3c(c12)[C@H]1S[C@H]1[C@@H](O)[C@@H]3O. The molecule has 1 aliphatic heterocycles. The first-order valence-electron chi connectivity index (χ1n) is 7.63. The molecule has 22 heavy (non-hydrogen) atoms. The number of aryl methyl sites for hydroxylation is 1. The Bertz CT molecular complexity index is 934. The van der Waals surface area contributed by atoms with Gasteiger partial charge in [0, 0.05) is 5.25 Å². The maximum Gasteiger partial charge on any atom is 0.106 e. The molecule has 1 saturated heterocycles. The molecule has 3 heteroatoms. The van der Waals surface area contributed by atoms with Crippen molar-refractivity contribution in [3.63, 3.8) is 0 Å². The molecule has 0 spiro atoms. The van der Waals surface area contributed by atoms with Gasteiger partial charge in [-0.1, -0.05) is 42.5 Å². The Hall–Kier alpha value is -1.55. The Labute approximate surface area is 132 Å². The van der Waals surface area contributed by atoms with Crippen LogP contribution in [-0.2, 0) is 0 Å². The highest BCUT2D eigenvalue weighted by Gasteiger charge is 2.53. The van der Waals surface area contributed by atoms with Crippen molar-refractivity contribution in [2.24, 2.45) is 0 Å². The number of aliphatic hydroxyl groups excluding tert-OH is 2. The first-order valence-corrected chi connectivity index (χ1v) is 8.57. The summed E-state index contributed by atoms with van der Waals surface area (Å²) in [5.41, 5.74) is 3.40. The quantitative estimate of drug-likeness (QED) is 0.489. The van der Waals surface area contributed by atoms with Crippen LogP contribution in [0.15, 0.2) is 42.5 Å². The Kier molecular flexibility index (Phi) is 2.50. The molecular weight excluding hydrogens is 292 g/mol. The van der Waals surface area contributed by atoms with E-state index in [0.29, 0.717) is 5.25 Å². The van der Waals surface area contributed by atoms with Crippen molar-refractivity contribution in [3.05, 3.63) is 59.2 Å². The zero-order valence-corrected chi connectivity index (χ0v) is 13.0. The zero-order chi connectivity index (χ0) is 15.0. The van der Waals surface area contributed by atoms with Gasteiger partial charge < -0.3 is 10.2 Å². The van der Waals surface area contributed by atoms with E-state index in [9.17, 15) is 10.2 Å². The fourth-order valence-corrected chi connectivity index (χ4v) is 5.25. The van der Waals surface area contributed by atoms with E-state index in [-0.39, 0.29) is 5.25 Å². The second-order valence-corrected chi connectivity index (χ2v) is 7.69. The summed E-state index contributed by atoms with van der Waals surface area (Å²) in [6.07, 6.45) is -1.40. The maximum atomic E-state index is 10.4. The van der Waals surface area contributed by atoms with Crippen molar-refractivity contribution < 1.29 is 10.2 Å². The Morgan fingerprint density at radius 2 is 1.82 bits per heavy atom. The lowest BCUT2D eigenvalue weighted by atomic mass is 9.82. The normalized spacial score (nSPS) is 29.4. The van der Waals surface area contributed by atoms with E-state index in [4.69, 9.17) is 0 Å². The molecule has 1 heterocycles. The number of benzene rings is 3. The van der Waals surface area contributed by atoms with Gasteiger partial charge >= 0.3 is 0 Å². The molecule has 1 fully saturated rings. The van der Waals surface area contributed by atoms with Gasteiger partial charge in [0.1, 0.15) is 6.10 Å². The number of aliphatic hydroxyl groups is 2. The van der Waals surface area contributed by atoms with Crippen molar-refractivity contribution in [1.29, 1.82) is 0 Å². The second-order valence-electron chi connectivity index (χ2n) is 6.36. The number of hydrogen-bond acceptors (Lipinski definition) is 3. The standard InChI is InChI=1S/C19H16O2S/c1-9-8-10-4-2-3-5-11(10)12-6-7-13-15(14(9)12)18-19(22-18)17(21)16(13)20/h2-8,16-21H,1H3/t16-,17+,18-,19+/m1/s1. The van der Waals surface area contributed by atoms with Crippen LogP contribution in [0.5, 0.6) is 0 Å². The molecule has 3 aromatic carbocycles. The van der Waals surface area contributed by atoms with Crippen LogP contribution in [0.4, 0.5) is 0 Å². The van der Waals surface area contributed by atoms with Gasteiger partial charge in [-0.15, -0.1) is 11.8 Å². The van der Waals surface area contributed by atoms with Crippen LogP contribution in [-0.4, -0.2) is 21.6 Å². The van der Waals surface area contributed by atoms with Gasteiger partial charge in [-0.3, -0.25) is 0 Å². The van der Waals surface area contributed by atoms with E-state index < -0.39 is 12.2 Å². The average molecular weight is 308 g/mol. The third-order valence-corrected chi connectivity index (χ3v) is 6.46. The summed E-state index contributed by atoms with van der Waals surface area (Å²) in [6.45, 7) is 2.15. The van der Waals surface area contributed by atoms with Crippen LogP contribution in [0.1, 0.15) is 28.0 Å². The van der Waals surface area contributed by atoms with Crippen molar-refractivity contribution in [2.75, 3.05) is 0 Å². The monoisotopic (exact) mass is 308 g/mol. The number of rotatable bonds is 0. The lowest BCUT2D eigenvalue weighted by Gasteiger charge is -2.26. The number of hydrogen-bond donors (Lipinski definition) is 2. The molecule has 0 amide bonds. The Morgan fingerprint density at radius 3 is 2.68 bits per heavy atom. The summed E-state index contributed by atoms with van der Waals surface area (Å²) in [5, 5.41) is 26.1. The molecule has 5 rings (SSSR count). The van der Waals surface area contributed by atoms with Crippen molar-refractivity contribution in [2.45, 2.75) is 29.6 Å². The first kappa shape index (κ1) is 12.9. The van der Waals surface area contributed by atoms with Crippen LogP contribution in [0.25, 0.3) is 21.5 Å². The molecule has 2 N–H and O–H groups in total. The van der Waals surface area contributed by atoms with Gasteiger partial charge in [-0.25, -0.2) is 0 Å².